The molecule has 0 aromatic carbocycles. The summed E-state index contributed by atoms with van der Waals surface area (Å²) in [5.74, 6) is 0.564. The molecule has 0 unspecified atom stereocenters. The normalized spacial score (nSPS) is 10.4. The second-order valence-corrected chi connectivity index (χ2v) is 3.18. The molecule has 0 bridgehead atoms. The van der Waals surface area contributed by atoms with Crippen molar-refractivity contribution >= 4 is 11.6 Å². The Morgan fingerprint density at radius 3 is 2.79 bits per heavy atom. The van der Waals surface area contributed by atoms with E-state index in [1.807, 2.05) is 6.20 Å². The van der Waals surface area contributed by atoms with Gasteiger partial charge in [0.1, 0.15) is 0 Å². The molecule has 5 heteroatoms. The molecule has 14 heavy (non-hydrogen) atoms. The van der Waals surface area contributed by atoms with E-state index in [9.17, 15) is 0 Å². The van der Waals surface area contributed by atoms with E-state index in [0.717, 1.165) is 12.0 Å². The van der Waals surface area contributed by atoms with Gasteiger partial charge in [-0.15, -0.1) is 0 Å². The summed E-state index contributed by atoms with van der Waals surface area (Å²) in [5, 5.41) is 4.51. The van der Waals surface area contributed by atoms with Crippen LogP contribution >= 0.6 is 11.6 Å². The smallest absolute Gasteiger partial charge is 0.191 e. The quantitative estimate of drug-likeness (QED) is 0.757. The van der Waals surface area contributed by atoms with Gasteiger partial charge in [0.25, 0.3) is 0 Å². The SMILES string of the molecule is CCc1cnn(-c2nccnc2Cl)c1. The number of rotatable bonds is 2. The maximum Gasteiger partial charge on any atom is 0.191 e. The standard InChI is InChI=1S/C9H9ClN4/c1-2-7-5-13-14(6-7)9-8(10)11-3-4-12-9/h3-6H,2H2,1H3. The molecule has 2 heterocycles. The maximum absolute atomic E-state index is 5.88. The van der Waals surface area contributed by atoms with Crippen LogP contribution in [0.25, 0.3) is 5.82 Å². The van der Waals surface area contributed by atoms with Crippen molar-refractivity contribution in [3.63, 3.8) is 0 Å². The average Bonchev–Trinajstić information content (AvgIpc) is 2.67. The molecule has 2 aromatic heterocycles. The zero-order valence-corrected chi connectivity index (χ0v) is 8.44. The topological polar surface area (TPSA) is 43.6 Å². The van der Waals surface area contributed by atoms with Crippen LogP contribution in [0.3, 0.4) is 0 Å². The Morgan fingerprint density at radius 1 is 1.36 bits per heavy atom. The van der Waals surface area contributed by atoms with Crippen molar-refractivity contribution in [2.75, 3.05) is 0 Å². The number of hydrogen-bond donors (Lipinski definition) is 0. The Kier molecular flexibility index (Phi) is 2.45. The van der Waals surface area contributed by atoms with E-state index in [1.54, 1.807) is 23.3 Å². The molecule has 0 aliphatic carbocycles. The number of aryl methyl sites for hydroxylation is 1. The molecule has 0 N–H and O–H groups in total. The van der Waals surface area contributed by atoms with Gasteiger partial charge in [0.05, 0.1) is 6.20 Å². The summed E-state index contributed by atoms with van der Waals surface area (Å²) in [7, 11) is 0. The van der Waals surface area contributed by atoms with Gasteiger partial charge in [-0.2, -0.15) is 5.10 Å². The van der Waals surface area contributed by atoms with Crippen LogP contribution in [0.15, 0.2) is 24.8 Å². The summed E-state index contributed by atoms with van der Waals surface area (Å²) in [6.45, 7) is 2.07. The lowest BCUT2D eigenvalue weighted by atomic mass is 10.3. The molecule has 0 aliphatic heterocycles. The zero-order chi connectivity index (χ0) is 9.97. The fourth-order valence-electron chi connectivity index (χ4n) is 1.13. The van der Waals surface area contributed by atoms with Crippen LogP contribution in [-0.4, -0.2) is 19.7 Å². The Bertz CT molecular complexity index is 438. The minimum Gasteiger partial charge on any atom is -0.239 e. The Balaban J connectivity index is 2.44. The highest BCUT2D eigenvalue weighted by molar-refractivity contribution is 6.30. The molecule has 0 amide bonds. The molecule has 2 rings (SSSR count). The largest absolute Gasteiger partial charge is 0.239 e. The van der Waals surface area contributed by atoms with Gasteiger partial charge in [-0.05, 0) is 12.0 Å². The lowest BCUT2D eigenvalue weighted by Crippen LogP contribution is -1.99. The highest BCUT2D eigenvalue weighted by Gasteiger charge is 2.05. The van der Waals surface area contributed by atoms with Crippen LogP contribution in [0.5, 0.6) is 0 Å². The molecule has 0 aliphatic rings. The Hall–Kier alpha value is -1.42. The zero-order valence-electron chi connectivity index (χ0n) is 7.68. The van der Waals surface area contributed by atoms with Gasteiger partial charge < -0.3 is 0 Å². The first-order chi connectivity index (χ1) is 6.81. The van der Waals surface area contributed by atoms with Crippen molar-refractivity contribution in [3.8, 4) is 5.82 Å². The fourth-order valence-corrected chi connectivity index (χ4v) is 1.32. The fraction of sp³-hybridized carbons (Fsp3) is 0.222. The lowest BCUT2D eigenvalue weighted by Gasteiger charge is -1.99. The third kappa shape index (κ3) is 1.61. The summed E-state index contributed by atoms with van der Waals surface area (Å²) in [6, 6.07) is 0. The number of nitrogens with zero attached hydrogens (tertiary/aromatic N) is 4. The highest BCUT2D eigenvalue weighted by atomic mass is 35.5. The molecular formula is C9H9ClN4. The monoisotopic (exact) mass is 208 g/mol. The van der Waals surface area contributed by atoms with Crippen LogP contribution in [0.2, 0.25) is 5.15 Å². The molecule has 4 nitrogen and oxygen atoms in total. The van der Waals surface area contributed by atoms with E-state index in [2.05, 4.69) is 22.0 Å². The Morgan fingerprint density at radius 2 is 2.14 bits per heavy atom. The van der Waals surface area contributed by atoms with E-state index < -0.39 is 0 Å². The van der Waals surface area contributed by atoms with E-state index >= 15 is 0 Å². The van der Waals surface area contributed by atoms with Gasteiger partial charge in [0.15, 0.2) is 11.0 Å². The van der Waals surface area contributed by atoms with Crippen molar-refractivity contribution in [1.82, 2.24) is 19.7 Å². The van der Waals surface area contributed by atoms with E-state index in [4.69, 9.17) is 11.6 Å². The van der Waals surface area contributed by atoms with Gasteiger partial charge in [-0.25, -0.2) is 14.6 Å². The van der Waals surface area contributed by atoms with Crippen molar-refractivity contribution in [1.29, 1.82) is 0 Å². The first-order valence-corrected chi connectivity index (χ1v) is 4.69. The van der Waals surface area contributed by atoms with Gasteiger partial charge >= 0.3 is 0 Å². The second kappa shape index (κ2) is 3.75. The first-order valence-electron chi connectivity index (χ1n) is 4.31. The molecule has 0 atom stereocenters. The second-order valence-electron chi connectivity index (χ2n) is 2.82. The minimum absolute atomic E-state index is 0.359. The third-order valence-corrected chi connectivity index (χ3v) is 2.16. The maximum atomic E-state index is 5.88. The summed E-state index contributed by atoms with van der Waals surface area (Å²) in [5.41, 5.74) is 1.15. The summed E-state index contributed by atoms with van der Waals surface area (Å²) >= 11 is 5.88. The van der Waals surface area contributed by atoms with E-state index in [0.29, 0.717) is 11.0 Å². The molecule has 0 fully saturated rings. The van der Waals surface area contributed by atoms with E-state index in [1.165, 1.54) is 0 Å². The summed E-state index contributed by atoms with van der Waals surface area (Å²) in [6.07, 6.45) is 7.78. The summed E-state index contributed by atoms with van der Waals surface area (Å²) < 4.78 is 1.63. The van der Waals surface area contributed by atoms with E-state index in [-0.39, 0.29) is 0 Å². The van der Waals surface area contributed by atoms with Gasteiger partial charge in [0.2, 0.25) is 0 Å². The van der Waals surface area contributed by atoms with Crippen molar-refractivity contribution in [3.05, 3.63) is 35.5 Å². The number of halogens is 1. The van der Waals surface area contributed by atoms with Crippen molar-refractivity contribution in [2.45, 2.75) is 13.3 Å². The first kappa shape index (κ1) is 9.15. The molecular weight excluding hydrogens is 200 g/mol. The number of aromatic nitrogens is 4. The number of hydrogen-bond acceptors (Lipinski definition) is 3. The molecule has 72 valence electrons. The van der Waals surface area contributed by atoms with Crippen LogP contribution in [-0.2, 0) is 6.42 Å². The predicted molar refractivity (Wildman–Crippen MR) is 53.5 cm³/mol. The molecule has 0 spiro atoms. The third-order valence-electron chi connectivity index (χ3n) is 1.90. The molecule has 0 saturated heterocycles. The molecule has 0 radical (unpaired) electrons. The predicted octanol–water partition coefficient (Wildman–Crippen LogP) is 1.88. The average molecular weight is 209 g/mol. The van der Waals surface area contributed by atoms with Gasteiger partial charge in [-0.3, -0.25) is 0 Å². The minimum atomic E-state index is 0.359. The van der Waals surface area contributed by atoms with Gasteiger partial charge in [0, 0.05) is 18.6 Å². The van der Waals surface area contributed by atoms with Crippen molar-refractivity contribution in [2.24, 2.45) is 0 Å². The molecule has 0 saturated carbocycles. The highest BCUT2D eigenvalue weighted by Crippen LogP contribution is 2.13. The molecule has 2 aromatic rings. The summed E-state index contributed by atoms with van der Waals surface area (Å²) in [4.78, 5) is 8.03. The van der Waals surface area contributed by atoms with Crippen molar-refractivity contribution < 1.29 is 0 Å². The van der Waals surface area contributed by atoms with Crippen LogP contribution in [0, 0.1) is 0 Å². The van der Waals surface area contributed by atoms with Crippen LogP contribution < -0.4 is 0 Å². The van der Waals surface area contributed by atoms with Crippen LogP contribution in [0.1, 0.15) is 12.5 Å². The lowest BCUT2D eigenvalue weighted by molar-refractivity contribution is 0.837. The Labute approximate surface area is 86.6 Å². The van der Waals surface area contributed by atoms with Crippen LogP contribution in [0.4, 0.5) is 0 Å². The van der Waals surface area contributed by atoms with Gasteiger partial charge in [-0.1, -0.05) is 18.5 Å².